The Morgan fingerprint density at radius 3 is 2.10 bits per heavy atom. The Balaban J connectivity index is 1.31. The summed E-state index contributed by atoms with van der Waals surface area (Å²) in [7, 11) is 0. The minimum absolute atomic E-state index is 0.0429. The van der Waals surface area contributed by atoms with Gasteiger partial charge in [0.15, 0.2) is 0 Å². The van der Waals surface area contributed by atoms with Gasteiger partial charge >= 0.3 is 12.1 Å². The fourth-order valence-corrected chi connectivity index (χ4v) is 3.81. The molecule has 1 atom stereocenters. The summed E-state index contributed by atoms with van der Waals surface area (Å²) >= 11 is 0. The van der Waals surface area contributed by atoms with Crippen LogP contribution in [0.25, 0.3) is 0 Å². The minimum atomic E-state index is -0.335. The molecule has 5 nitrogen and oxygen atoms in total. The molecule has 0 unspecified atom stereocenters. The van der Waals surface area contributed by atoms with Gasteiger partial charge in [0.1, 0.15) is 6.61 Å². The zero-order valence-electron chi connectivity index (χ0n) is 19.1. The van der Waals surface area contributed by atoms with Gasteiger partial charge in [0.25, 0.3) is 0 Å². The summed E-state index contributed by atoms with van der Waals surface area (Å²) in [6.45, 7) is 2.96. The summed E-state index contributed by atoms with van der Waals surface area (Å²) in [5.41, 5.74) is 2.23. The first kappa shape index (κ1) is 25.0. The summed E-state index contributed by atoms with van der Waals surface area (Å²) in [5, 5.41) is 2.87. The van der Waals surface area contributed by atoms with E-state index in [9.17, 15) is 9.59 Å². The van der Waals surface area contributed by atoms with Crippen molar-refractivity contribution >= 4 is 12.1 Å². The van der Waals surface area contributed by atoms with Gasteiger partial charge in [-0.25, -0.2) is 9.59 Å². The summed E-state index contributed by atoms with van der Waals surface area (Å²) in [6.07, 6.45) is 15.7. The minimum Gasteiger partial charge on any atom is -0.458 e. The Kier molecular flexibility index (Phi) is 12.5. The normalized spacial score (nSPS) is 14.1. The van der Waals surface area contributed by atoms with Crippen LogP contribution in [0, 0.1) is 0 Å². The maximum absolute atomic E-state index is 11.9. The molecule has 0 spiro atoms. The number of hydrogen-bond acceptors (Lipinski definition) is 4. The van der Waals surface area contributed by atoms with E-state index < -0.39 is 0 Å². The lowest BCUT2D eigenvalue weighted by molar-refractivity contribution is -0.134. The van der Waals surface area contributed by atoms with Crippen LogP contribution in [-0.2, 0) is 14.3 Å². The molecule has 0 fully saturated rings. The molecule has 1 heterocycles. The number of alkyl carbamates (subject to hydrolysis) is 1. The van der Waals surface area contributed by atoms with E-state index in [1.807, 2.05) is 37.3 Å². The van der Waals surface area contributed by atoms with Crippen LogP contribution in [0.15, 0.2) is 42.0 Å². The van der Waals surface area contributed by atoms with Crippen molar-refractivity contribution in [2.75, 3.05) is 13.2 Å². The van der Waals surface area contributed by atoms with E-state index in [0.29, 0.717) is 13.2 Å². The molecular formula is C26H39NO4. The molecule has 0 radical (unpaired) electrons. The highest BCUT2D eigenvalue weighted by Crippen LogP contribution is 2.17. The number of amides is 1. The van der Waals surface area contributed by atoms with Crippen LogP contribution in [0.2, 0.25) is 0 Å². The number of rotatable bonds is 16. The number of nitrogens with one attached hydrogen (secondary N) is 1. The van der Waals surface area contributed by atoms with E-state index in [1.54, 1.807) is 6.08 Å². The van der Waals surface area contributed by atoms with Gasteiger partial charge in [0.2, 0.25) is 0 Å². The van der Waals surface area contributed by atoms with Gasteiger partial charge < -0.3 is 14.8 Å². The fourth-order valence-electron chi connectivity index (χ4n) is 3.81. The van der Waals surface area contributed by atoms with Crippen LogP contribution in [-0.4, -0.2) is 25.3 Å². The molecule has 0 saturated heterocycles. The number of cyclic esters (lactones) is 1. The smallest absolute Gasteiger partial charge is 0.407 e. The van der Waals surface area contributed by atoms with E-state index >= 15 is 0 Å². The van der Waals surface area contributed by atoms with Crippen molar-refractivity contribution < 1.29 is 19.1 Å². The molecule has 1 N–H and O–H groups in total. The molecule has 0 aliphatic carbocycles. The molecule has 1 aliphatic heterocycles. The summed E-state index contributed by atoms with van der Waals surface area (Å²) < 4.78 is 10.2. The number of hydrogen-bond donors (Lipinski definition) is 1. The number of carbonyl (C=O) groups excluding carboxylic acids is 2. The van der Waals surface area contributed by atoms with Crippen molar-refractivity contribution in [3.8, 4) is 0 Å². The summed E-state index contributed by atoms with van der Waals surface area (Å²) in [6, 6.07) is 9.86. The highest BCUT2D eigenvalue weighted by Gasteiger charge is 2.12. The van der Waals surface area contributed by atoms with Crippen molar-refractivity contribution in [1.82, 2.24) is 5.32 Å². The molecule has 2 rings (SSSR count). The highest BCUT2D eigenvalue weighted by molar-refractivity contribution is 5.85. The van der Waals surface area contributed by atoms with E-state index in [2.05, 4.69) is 5.32 Å². The number of unbranched alkanes of at least 4 members (excludes halogenated alkanes) is 10. The standard InChI is InChI=1S/C26H39NO4/c1-22(24-17-13-11-14-18-24)27-26(29)30-19-15-10-8-6-4-2-3-5-7-9-12-16-23-20-25(28)31-21-23/h11,13-14,17-18,20,22H,2-10,12,15-16,19,21H2,1H3,(H,27,29)/t22-/m1/s1. The molecule has 0 bridgehead atoms. The molecule has 0 aromatic heterocycles. The zero-order chi connectivity index (χ0) is 22.2. The largest absolute Gasteiger partial charge is 0.458 e. The van der Waals surface area contributed by atoms with Crippen LogP contribution in [0.4, 0.5) is 4.79 Å². The molecule has 5 heteroatoms. The van der Waals surface area contributed by atoms with Crippen LogP contribution in [0.5, 0.6) is 0 Å². The van der Waals surface area contributed by atoms with Crippen LogP contribution in [0.3, 0.4) is 0 Å². The van der Waals surface area contributed by atoms with Crippen LogP contribution in [0.1, 0.15) is 95.6 Å². The first-order chi connectivity index (χ1) is 15.1. The van der Waals surface area contributed by atoms with Gasteiger partial charge in [0, 0.05) is 6.08 Å². The maximum atomic E-state index is 11.9. The van der Waals surface area contributed by atoms with Crippen LogP contribution < -0.4 is 5.32 Å². The number of carbonyl (C=O) groups is 2. The maximum Gasteiger partial charge on any atom is 0.407 e. The zero-order valence-corrected chi connectivity index (χ0v) is 19.1. The van der Waals surface area contributed by atoms with Gasteiger partial charge in [-0.1, -0.05) is 88.1 Å². The van der Waals surface area contributed by atoms with Gasteiger partial charge in [-0.15, -0.1) is 0 Å². The van der Waals surface area contributed by atoms with Crippen molar-refractivity contribution in [3.05, 3.63) is 47.5 Å². The Hall–Kier alpha value is -2.30. The first-order valence-electron chi connectivity index (χ1n) is 12.0. The lowest BCUT2D eigenvalue weighted by Gasteiger charge is -2.14. The Labute approximate surface area is 187 Å². The topological polar surface area (TPSA) is 64.6 Å². The lowest BCUT2D eigenvalue weighted by atomic mass is 10.0. The molecule has 1 amide bonds. The quantitative estimate of drug-likeness (QED) is 0.236. The molecule has 172 valence electrons. The Morgan fingerprint density at radius 2 is 1.52 bits per heavy atom. The first-order valence-corrected chi connectivity index (χ1v) is 12.0. The van der Waals surface area contributed by atoms with Gasteiger partial charge in [0.05, 0.1) is 12.6 Å². The highest BCUT2D eigenvalue weighted by atomic mass is 16.5. The summed E-state index contributed by atoms with van der Waals surface area (Å²) in [5.74, 6) is -0.179. The molecule has 1 aliphatic rings. The van der Waals surface area contributed by atoms with E-state index in [4.69, 9.17) is 9.47 Å². The second-order valence-electron chi connectivity index (χ2n) is 8.46. The third kappa shape index (κ3) is 11.6. The second-order valence-corrected chi connectivity index (χ2v) is 8.46. The molecular weight excluding hydrogens is 390 g/mol. The van der Waals surface area contributed by atoms with Gasteiger partial charge in [-0.3, -0.25) is 0 Å². The molecule has 1 aromatic carbocycles. The van der Waals surface area contributed by atoms with Crippen molar-refractivity contribution in [2.45, 2.75) is 90.0 Å². The predicted octanol–water partition coefficient (Wildman–Crippen LogP) is 6.64. The molecule has 0 saturated carbocycles. The Bertz CT molecular complexity index is 671. The van der Waals surface area contributed by atoms with E-state index in [-0.39, 0.29) is 18.1 Å². The third-order valence-electron chi connectivity index (χ3n) is 5.73. The van der Waals surface area contributed by atoms with Crippen molar-refractivity contribution in [3.63, 3.8) is 0 Å². The predicted molar refractivity (Wildman–Crippen MR) is 124 cm³/mol. The third-order valence-corrected chi connectivity index (χ3v) is 5.73. The molecule has 1 aromatic rings. The van der Waals surface area contributed by atoms with E-state index in [1.165, 1.54) is 51.4 Å². The van der Waals surface area contributed by atoms with Crippen molar-refractivity contribution in [2.24, 2.45) is 0 Å². The van der Waals surface area contributed by atoms with Crippen molar-refractivity contribution in [1.29, 1.82) is 0 Å². The van der Waals surface area contributed by atoms with Gasteiger partial charge in [-0.05, 0) is 37.3 Å². The fraction of sp³-hybridized carbons (Fsp3) is 0.615. The van der Waals surface area contributed by atoms with Gasteiger partial charge in [-0.2, -0.15) is 0 Å². The SMILES string of the molecule is C[C@@H](NC(=O)OCCCCCCCCCCCCCC1=CC(=O)OC1)c1ccccc1. The Morgan fingerprint density at radius 1 is 0.935 bits per heavy atom. The number of ether oxygens (including phenoxy) is 2. The summed E-state index contributed by atoms with van der Waals surface area (Å²) in [4.78, 5) is 22.8. The average molecular weight is 430 g/mol. The number of benzene rings is 1. The van der Waals surface area contributed by atoms with E-state index in [0.717, 1.165) is 36.8 Å². The second kappa shape index (κ2) is 15.5. The average Bonchev–Trinajstić information content (AvgIpc) is 3.19. The van der Waals surface area contributed by atoms with Crippen LogP contribution >= 0.6 is 0 Å². The lowest BCUT2D eigenvalue weighted by Crippen LogP contribution is -2.27. The monoisotopic (exact) mass is 429 g/mol. The molecule has 31 heavy (non-hydrogen) atoms. The number of esters is 1.